The highest BCUT2D eigenvalue weighted by Crippen LogP contribution is 2.27. The van der Waals surface area contributed by atoms with Gasteiger partial charge in [0, 0.05) is 56.2 Å². The van der Waals surface area contributed by atoms with E-state index in [-0.39, 0.29) is 0 Å². The smallest absolute Gasteiger partial charge is 0.128 e. The predicted octanol–water partition coefficient (Wildman–Crippen LogP) is 3.16. The van der Waals surface area contributed by atoms with Crippen LogP contribution in [0.5, 0.6) is 5.75 Å². The maximum atomic E-state index is 5.54. The molecule has 0 N–H and O–H groups in total. The number of hydrogen-bond acceptors (Lipinski definition) is 4. The van der Waals surface area contributed by atoms with Crippen LogP contribution in [0.1, 0.15) is 22.4 Å². The van der Waals surface area contributed by atoms with Crippen molar-refractivity contribution in [1.29, 1.82) is 0 Å². The summed E-state index contributed by atoms with van der Waals surface area (Å²) in [5, 5.41) is 0. The van der Waals surface area contributed by atoms with E-state index in [9.17, 15) is 0 Å². The lowest BCUT2D eigenvalue weighted by atomic mass is 10.1. The zero-order chi connectivity index (χ0) is 16.4. The second-order valence-electron chi connectivity index (χ2n) is 6.31. The van der Waals surface area contributed by atoms with Crippen molar-refractivity contribution in [1.82, 2.24) is 9.88 Å². The van der Waals surface area contributed by atoms with Crippen LogP contribution in [0, 0.1) is 13.8 Å². The number of para-hydroxylation sites is 1. The van der Waals surface area contributed by atoms with Crippen molar-refractivity contribution in [2.45, 2.75) is 26.9 Å². The van der Waals surface area contributed by atoms with E-state index in [0.29, 0.717) is 0 Å². The van der Waals surface area contributed by atoms with E-state index in [1.54, 1.807) is 7.11 Å². The Morgan fingerprint density at radius 1 is 1.17 bits per heavy atom. The van der Waals surface area contributed by atoms with E-state index in [1.807, 2.05) is 13.1 Å². The molecule has 1 aromatic carbocycles. The van der Waals surface area contributed by atoms with Crippen LogP contribution in [-0.4, -0.2) is 37.1 Å². The summed E-state index contributed by atoms with van der Waals surface area (Å²) in [6.07, 6.45) is 1.92. The van der Waals surface area contributed by atoms with Gasteiger partial charge in [0.15, 0.2) is 0 Å². The summed E-state index contributed by atoms with van der Waals surface area (Å²) in [7, 11) is 3.90. The number of rotatable bonds is 3. The maximum Gasteiger partial charge on any atom is 0.128 e. The molecule has 0 saturated carbocycles. The van der Waals surface area contributed by atoms with Gasteiger partial charge in [0.1, 0.15) is 5.75 Å². The van der Waals surface area contributed by atoms with Crippen LogP contribution < -0.4 is 9.64 Å². The minimum atomic E-state index is 0.852. The molecule has 0 spiro atoms. The lowest BCUT2D eigenvalue weighted by molar-refractivity contribution is 0.265. The third kappa shape index (κ3) is 3.17. The molecule has 3 rings (SSSR count). The monoisotopic (exact) mass is 311 g/mol. The molecule has 0 radical (unpaired) electrons. The number of anilines is 1. The van der Waals surface area contributed by atoms with Crippen LogP contribution in [0.25, 0.3) is 0 Å². The lowest BCUT2D eigenvalue weighted by Crippen LogP contribution is -2.29. The fourth-order valence-electron chi connectivity index (χ4n) is 3.33. The Balaban J connectivity index is 1.84. The molecule has 0 aliphatic carbocycles. The number of pyridine rings is 1. The van der Waals surface area contributed by atoms with Gasteiger partial charge in [-0.2, -0.15) is 0 Å². The number of aryl methyl sites for hydroxylation is 1. The Morgan fingerprint density at radius 2 is 1.96 bits per heavy atom. The van der Waals surface area contributed by atoms with Crippen LogP contribution >= 0.6 is 0 Å². The van der Waals surface area contributed by atoms with E-state index < -0.39 is 0 Å². The first-order valence-corrected chi connectivity index (χ1v) is 8.10. The van der Waals surface area contributed by atoms with E-state index >= 15 is 0 Å². The Labute approximate surface area is 138 Å². The van der Waals surface area contributed by atoms with Gasteiger partial charge in [0.25, 0.3) is 0 Å². The maximum absolute atomic E-state index is 5.54. The zero-order valence-electron chi connectivity index (χ0n) is 14.5. The molecular formula is C19H25N3O. The summed E-state index contributed by atoms with van der Waals surface area (Å²) in [6.45, 7) is 8.01. The van der Waals surface area contributed by atoms with Gasteiger partial charge in [-0.15, -0.1) is 0 Å². The quantitative estimate of drug-likeness (QED) is 0.870. The molecular weight excluding hydrogens is 286 g/mol. The molecule has 1 aliphatic rings. The van der Waals surface area contributed by atoms with Gasteiger partial charge in [-0.25, -0.2) is 0 Å². The molecule has 4 nitrogen and oxygen atoms in total. The van der Waals surface area contributed by atoms with Gasteiger partial charge in [-0.05, 0) is 25.5 Å². The molecule has 2 aromatic rings. The van der Waals surface area contributed by atoms with Crippen LogP contribution in [0.15, 0.2) is 30.5 Å². The fourth-order valence-corrected chi connectivity index (χ4v) is 3.33. The van der Waals surface area contributed by atoms with Gasteiger partial charge in [0.05, 0.1) is 12.8 Å². The lowest BCUT2D eigenvalue weighted by Gasteiger charge is -2.22. The standard InChI is InChI=1S/C19H25N3O/c1-14-11-20-17(15(2)19(14)23-4)13-22-10-9-21(3)18-8-6-5-7-16(18)12-22/h5-8,11H,9-10,12-13H2,1-4H3. The largest absolute Gasteiger partial charge is 0.496 e. The summed E-state index contributed by atoms with van der Waals surface area (Å²) in [5.74, 6) is 0.961. The average Bonchev–Trinajstić information content (AvgIpc) is 2.70. The van der Waals surface area contributed by atoms with Crippen molar-refractivity contribution < 1.29 is 4.74 Å². The highest BCUT2D eigenvalue weighted by atomic mass is 16.5. The molecule has 23 heavy (non-hydrogen) atoms. The van der Waals surface area contributed by atoms with Crippen molar-refractivity contribution in [3.8, 4) is 5.75 Å². The molecule has 0 amide bonds. The summed E-state index contributed by atoms with van der Waals surface area (Å²) >= 11 is 0. The molecule has 4 heteroatoms. The molecule has 0 unspecified atom stereocenters. The van der Waals surface area contributed by atoms with Crippen molar-refractivity contribution >= 4 is 5.69 Å². The number of nitrogens with zero attached hydrogens (tertiary/aromatic N) is 3. The summed E-state index contributed by atoms with van der Waals surface area (Å²) < 4.78 is 5.54. The first kappa shape index (κ1) is 15.8. The molecule has 1 aromatic heterocycles. The molecule has 2 heterocycles. The average molecular weight is 311 g/mol. The van der Waals surface area contributed by atoms with E-state index in [0.717, 1.165) is 48.7 Å². The van der Waals surface area contributed by atoms with Crippen LogP contribution in [0.3, 0.4) is 0 Å². The Kier molecular flexibility index (Phi) is 4.53. The minimum absolute atomic E-state index is 0.852. The number of benzene rings is 1. The van der Waals surface area contributed by atoms with E-state index in [1.165, 1.54) is 11.3 Å². The summed E-state index contributed by atoms with van der Waals surface area (Å²) in [4.78, 5) is 9.45. The molecule has 122 valence electrons. The first-order valence-electron chi connectivity index (χ1n) is 8.10. The van der Waals surface area contributed by atoms with E-state index in [4.69, 9.17) is 4.74 Å². The Hall–Kier alpha value is -2.07. The second kappa shape index (κ2) is 6.59. The Morgan fingerprint density at radius 3 is 2.74 bits per heavy atom. The third-order valence-corrected chi connectivity index (χ3v) is 4.67. The van der Waals surface area contributed by atoms with Gasteiger partial charge in [0.2, 0.25) is 0 Å². The topological polar surface area (TPSA) is 28.6 Å². The number of fused-ring (bicyclic) bond motifs is 1. The highest BCUT2D eigenvalue weighted by molar-refractivity contribution is 5.53. The fraction of sp³-hybridized carbons (Fsp3) is 0.421. The van der Waals surface area contributed by atoms with Gasteiger partial charge >= 0.3 is 0 Å². The van der Waals surface area contributed by atoms with Gasteiger partial charge in [-0.3, -0.25) is 9.88 Å². The second-order valence-corrected chi connectivity index (χ2v) is 6.31. The number of aromatic nitrogens is 1. The highest BCUT2D eigenvalue weighted by Gasteiger charge is 2.19. The van der Waals surface area contributed by atoms with Crippen molar-refractivity contribution in [3.05, 3.63) is 52.8 Å². The number of hydrogen-bond donors (Lipinski definition) is 0. The molecule has 1 aliphatic heterocycles. The number of likely N-dealkylation sites (N-methyl/N-ethyl adjacent to an activating group) is 1. The molecule has 0 fully saturated rings. The zero-order valence-corrected chi connectivity index (χ0v) is 14.5. The number of methoxy groups -OCH3 is 1. The van der Waals surface area contributed by atoms with Crippen LogP contribution in [-0.2, 0) is 13.1 Å². The molecule has 0 bridgehead atoms. The number of ether oxygens (including phenoxy) is 1. The first-order chi connectivity index (χ1) is 11.1. The van der Waals surface area contributed by atoms with Crippen molar-refractivity contribution in [2.24, 2.45) is 0 Å². The normalized spacial score (nSPS) is 15.2. The van der Waals surface area contributed by atoms with E-state index in [2.05, 4.69) is 53.0 Å². The van der Waals surface area contributed by atoms with Gasteiger partial charge in [-0.1, -0.05) is 18.2 Å². The van der Waals surface area contributed by atoms with Crippen LogP contribution in [0.4, 0.5) is 5.69 Å². The van der Waals surface area contributed by atoms with Gasteiger partial charge < -0.3 is 9.64 Å². The summed E-state index contributed by atoms with van der Waals surface area (Å²) in [6, 6.07) is 8.66. The molecule has 0 atom stereocenters. The van der Waals surface area contributed by atoms with Crippen molar-refractivity contribution in [3.63, 3.8) is 0 Å². The molecule has 0 saturated heterocycles. The summed E-state index contributed by atoms with van der Waals surface area (Å²) in [5.41, 5.74) is 6.06. The third-order valence-electron chi connectivity index (χ3n) is 4.67. The Bertz CT molecular complexity index is 699. The van der Waals surface area contributed by atoms with Crippen molar-refractivity contribution in [2.75, 3.05) is 32.1 Å². The predicted molar refractivity (Wildman–Crippen MR) is 94.1 cm³/mol. The minimum Gasteiger partial charge on any atom is -0.496 e. The van der Waals surface area contributed by atoms with Crippen LogP contribution in [0.2, 0.25) is 0 Å². The SMILES string of the molecule is COc1c(C)cnc(CN2CCN(C)c3ccccc3C2)c1C.